The number of hydrogen-bond acceptors (Lipinski definition) is 6. The van der Waals surface area contributed by atoms with Crippen molar-refractivity contribution in [2.45, 2.75) is 12.1 Å². The van der Waals surface area contributed by atoms with Gasteiger partial charge in [-0.1, -0.05) is 0 Å². The molecule has 1 fully saturated rings. The first-order chi connectivity index (χ1) is 6.70. The minimum Gasteiger partial charge on any atom is -0.390 e. The second kappa shape index (κ2) is 4.36. The summed E-state index contributed by atoms with van der Waals surface area (Å²) in [6.07, 6.45) is 0.172. The van der Waals surface area contributed by atoms with E-state index in [9.17, 15) is 21.9 Å². The Bertz CT molecular complexity index is 413. The van der Waals surface area contributed by atoms with Crippen molar-refractivity contribution in [3.63, 3.8) is 0 Å². The molecule has 0 saturated carbocycles. The van der Waals surface area contributed by atoms with Crippen LogP contribution in [0.5, 0.6) is 0 Å². The molecular formula is C7H15NO5S2. The van der Waals surface area contributed by atoms with Crippen LogP contribution in [0.25, 0.3) is 0 Å². The van der Waals surface area contributed by atoms with Gasteiger partial charge in [-0.25, -0.2) is 16.8 Å². The van der Waals surface area contributed by atoms with E-state index in [1.807, 2.05) is 0 Å². The molecule has 15 heavy (non-hydrogen) atoms. The zero-order chi connectivity index (χ0) is 11.7. The highest BCUT2D eigenvalue weighted by atomic mass is 32.2. The summed E-state index contributed by atoms with van der Waals surface area (Å²) in [5.74, 6) is -0.433. The zero-order valence-corrected chi connectivity index (χ0v) is 10.0. The molecule has 1 heterocycles. The molecular weight excluding hydrogens is 242 g/mol. The summed E-state index contributed by atoms with van der Waals surface area (Å²) in [6.45, 7) is 0.163. The molecule has 1 aliphatic heterocycles. The van der Waals surface area contributed by atoms with Crippen LogP contribution in [0.2, 0.25) is 0 Å². The average Bonchev–Trinajstić information content (AvgIpc) is 2.22. The summed E-state index contributed by atoms with van der Waals surface area (Å²) in [5.41, 5.74) is 0. The van der Waals surface area contributed by atoms with Crippen LogP contribution in [0.1, 0.15) is 0 Å². The Labute approximate surface area is 89.5 Å². The van der Waals surface area contributed by atoms with Gasteiger partial charge in [0.05, 0.1) is 23.4 Å². The summed E-state index contributed by atoms with van der Waals surface area (Å²) in [6, 6.07) is -0.545. The molecule has 2 atom stereocenters. The third-order valence-electron chi connectivity index (χ3n) is 2.20. The second-order valence-corrected chi connectivity index (χ2v) is 8.25. The largest absolute Gasteiger partial charge is 0.390 e. The van der Waals surface area contributed by atoms with Gasteiger partial charge >= 0.3 is 0 Å². The van der Waals surface area contributed by atoms with E-state index in [1.165, 1.54) is 0 Å². The van der Waals surface area contributed by atoms with E-state index in [4.69, 9.17) is 0 Å². The van der Waals surface area contributed by atoms with Crippen LogP contribution < -0.4 is 5.32 Å². The van der Waals surface area contributed by atoms with Crippen LogP contribution in [-0.4, -0.2) is 64.1 Å². The van der Waals surface area contributed by atoms with Gasteiger partial charge in [-0.3, -0.25) is 0 Å². The van der Waals surface area contributed by atoms with E-state index >= 15 is 0 Å². The molecule has 2 unspecified atom stereocenters. The number of rotatable bonds is 4. The fourth-order valence-corrected chi connectivity index (χ4v) is 3.72. The molecule has 1 aliphatic rings. The Morgan fingerprint density at radius 1 is 1.40 bits per heavy atom. The van der Waals surface area contributed by atoms with Crippen LogP contribution in [0.3, 0.4) is 0 Å². The highest BCUT2D eigenvalue weighted by Gasteiger charge is 2.35. The molecule has 1 rings (SSSR count). The van der Waals surface area contributed by atoms with Gasteiger partial charge in [0.15, 0.2) is 9.84 Å². The van der Waals surface area contributed by atoms with Crippen LogP contribution in [0, 0.1) is 0 Å². The zero-order valence-electron chi connectivity index (χ0n) is 8.38. The van der Waals surface area contributed by atoms with Gasteiger partial charge < -0.3 is 10.4 Å². The Morgan fingerprint density at radius 3 is 2.40 bits per heavy atom. The highest BCUT2D eigenvalue weighted by Crippen LogP contribution is 2.11. The van der Waals surface area contributed by atoms with Gasteiger partial charge in [-0.05, 0) is 0 Å². The summed E-state index contributed by atoms with van der Waals surface area (Å²) in [7, 11) is -6.23. The minimum absolute atomic E-state index is 0.0593. The van der Waals surface area contributed by atoms with E-state index in [-0.39, 0.29) is 23.8 Å². The van der Waals surface area contributed by atoms with Crippen molar-refractivity contribution < 1.29 is 21.9 Å². The number of nitrogens with one attached hydrogen (secondary N) is 1. The first-order valence-electron chi connectivity index (χ1n) is 4.49. The maximum Gasteiger partial charge on any atom is 0.154 e. The molecule has 0 radical (unpaired) electrons. The summed E-state index contributed by atoms with van der Waals surface area (Å²) in [5, 5.41) is 12.1. The van der Waals surface area contributed by atoms with Gasteiger partial charge in [-0.15, -0.1) is 0 Å². The van der Waals surface area contributed by atoms with Crippen LogP contribution in [0.4, 0.5) is 0 Å². The fourth-order valence-electron chi connectivity index (χ4n) is 1.45. The Hall–Kier alpha value is -0.180. The first kappa shape index (κ1) is 12.9. The van der Waals surface area contributed by atoms with Crippen molar-refractivity contribution in [2.24, 2.45) is 0 Å². The van der Waals surface area contributed by atoms with Crippen LogP contribution in [-0.2, 0) is 19.7 Å². The van der Waals surface area contributed by atoms with E-state index < -0.39 is 31.8 Å². The first-order valence-corrected chi connectivity index (χ1v) is 8.37. The van der Waals surface area contributed by atoms with Crippen molar-refractivity contribution in [3.05, 3.63) is 0 Å². The number of aliphatic hydroxyl groups excluding tert-OH is 1. The molecule has 1 saturated heterocycles. The topological polar surface area (TPSA) is 101 Å². The highest BCUT2D eigenvalue weighted by molar-refractivity contribution is 7.91. The quantitative estimate of drug-likeness (QED) is 0.591. The van der Waals surface area contributed by atoms with Gasteiger partial charge in [0, 0.05) is 18.8 Å². The van der Waals surface area contributed by atoms with Gasteiger partial charge in [-0.2, -0.15) is 0 Å². The predicted octanol–water partition coefficient (Wildman–Crippen LogP) is -2.22. The maximum atomic E-state index is 11.1. The van der Waals surface area contributed by atoms with E-state index in [0.29, 0.717) is 0 Å². The normalized spacial score (nSPS) is 30.5. The molecule has 0 aliphatic carbocycles. The lowest BCUT2D eigenvalue weighted by Crippen LogP contribution is -2.41. The lowest BCUT2D eigenvalue weighted by atomic mass is 10.2. The molecule has 0 aromatic rings. The Balaban J connectivity index is 2.41. The van der Waals surface area contributed by atoms with Gasteiger partial charge in [0.25, 0.3) is 0 Å². The van der Waals surface area contributed by atoms with Crippen LogP contribution in [0.15, 0.2) is 0 Å². The van der Waals surface area contributed by atoms with Crippen molar-refractivity contribution >= 4 is 19.7 Å². The summed E-state index contributed by atoms with van der Waals surface area (Å²) < 4.78 is 43.8. The molecule has 90 valence electrons. The molecule has 0 amide bonds. The third-order valence-corrected chi connectivity index (χ3v) is 4.86. The molecule has 2 N–H and O–H groups in total. The summed E-state index contributed by atoms with van der Waals surface area (Å²) in [4.78, 5) is 0. The molecule has 0 spiro atoms. The third kappa shape index (κ3) is 4.45. The predicted molar refractivity (Wildman–Crippen MR) is 56.2 cm³/mol. The average molecular weight is 257 g/mol. The van der Waals surface area contributed by atoms with Crippen molar-refractivity contribution in [1.29, 1.82) is 0 Å². The van der Waals surface area contributed by atoms with Crippen molar-refractivity contribution in [2.75, 3.05) is 30.1 Å². The van der Waals surface area contributed by atoms with E-state index in [2.05, 4.69) is 5.32 Å². The van der Waals surface area contributed by atoms with Gasteiger partial charge in [0.2, 0.25) is 0 Å². The molecule has 0 aromatic carbocycles. The Morgan fingerprint density at radius 2 is 2.00 bits per heavy atom. The number of sulfone groups is 2. The lowest BCUT2D eigenvalue weighted by molar-refractivity contribution is 0.167. The molecule has 0 bridgehead atoms. The number of hydrogen-bond donors (Lipinski definition) is 2. The fraction of sp³-hybridized carbons (Fsp3) is 1.00. The number of aliphatic hydroxyl groups is 1. The smallest absolute Gasteiger partial charge is 0.154 e. The van der Waals surface area contributed by atoms with E-state index in [1.54, 1.807) is 0 Å². The molecule has 6 nitrogen and oxygen atoms in total. The van der Waals surface area contributed by atoms with E-state index in [0.717, 1.165) is 6.26 Å². The van der Waals surface area contributed by atoms with Crippen LogP contribution >= 0.6 is 0 Å². The monoisotopic (exact) mass is 257 g/mol. The lowest BCUT2D eigenvalue weighted by Gasteiger charge is -2.13. The Kier molecular flexibility index (Phi) is 3.75. The maximum absolute atomic E-state index is 11.1. The SMILES string of the molecule is CS(=O)(=O)CCNC1CS(=O)(=O)CC1O. The standard InChI is InChI=1S/C7H15NO5S2/c1-14(10,11)3-2-8-6-4-15(12,13)5-7(6)9/h6-9H,2-5H2,1H3. The summed E-state index contributed by atoms with van der Waals surface area (Å²) >= 11 is 0. The molecule has 8 heteroatoms. The second-order valence-electron chi connectivity index (χ2n) is 3.83. The van der Waals surface area contributed by atoms with Crippen molar-refractivity contribution in [3.8, 4) is 0 Å². The van der Waals surface area contributed by atoms with Gasteiger partial charge in [0.1, 0.15) is 9.84 Å². The van der Waals surface area contributed by atoms with Crippen molar-refractivity contribution in [1.82, 2.24) is 5.32 Å². The molecule has 0 aromatic heterocycles. The minimum atomic E-state index is -3.17.